The lowest BCUT2D eigenvalue weighted by Crippen LogP contribution is -2.37. The van der Waals surface area contributed by atoms with Crippen molar-refractivity contribution < 1.29 is 0 Å². The summed E-state index contributed by atoms with van der Waals surface area (Å²) < 4.78 is 0. The van der Waals surface area contributed by atoms with Crippen LogP contribution >= 0.6 is 0 Å². The molecule has 0 fully saturated rings. The number of nitroso groups, excluding NO2 is 2. The van der Waals surface area contributed by atoms with Crippen LogP contribution in [0.4, 0.5) is 0 Å². The molecular weight excluding hydrogens is 222 g/mol. The van der Waals surface area contributed by atoms with E-state index < -0.39 is 0 Å². The highest BCUT2D eigenvalue weighted by Gasteiger charge is 2.07. The standard InChI is InChI=1S/C10H23N5O2/c1-4-13(7-9-14(5-2)11-16)8-10-15(6-3)12-17/h4-10H2,1-3H3. The SMILES string of the molecule is CCN(CCN(CC)N=O)CCN(CC)N=O. The van der Waals surface area contributed by atoms with Crippen LogP contribution in [0.1, 0.15) is 20.8 Å². The molecular formula is C10H23N5O2. The molecule has 0 aromatic heterocycles. The topological polar surface area (TPSA) is 68.6 Å². The highest BCUT2D eigenvalue weighted by Crippen LogP contribution is 1.95. The Hall–Kier alpha value is -1.24. The van der Waals surface area contributed by atoms with Gasteiger partial charge in [0.2, 0.25) is 0 Å². The molecule has 7 heteroatoms. The average Bonchev–Trinajstić information content (AvgIpc) is 2.38. The minimum absolute atomic E-state index is 0.620. The second-order valence-electron chi connectivity index (χ2n) is 3.69. The fourth-order valence-corrected chi connectivity index (χ4v) is 1.46. The van der Waals surface area contributed by atoms with E-state index in [1.165, 1.54) is 10.0 Å². The van der Waals surface area contributed by atoms with Crippen molar-refractivity contribution in [3.05, 3.63) is 9.81 Å². The fraction of sp³-hybridized carbons (Fsp3) is 1.00. The van der Waals surface area contributed by atoms with Gasteiger partial charge in [0.15, 0.2) is 0 Å². The van der Waals surface area contributed by atoms with E-state index in [0.29, 0.717) is 26.2 Å². The lowest BCUT2D eigenvalue weighted by molar-refractivity contribution is 0.188. The summed E-state index contributed by atoms with van der Waals surface area (Å²) in [6, 6.07) is 0. The van der Waals surface area contributed by atoms with Crippen LogP contribution in [0.25, 0.3) is 0 Å². The van der Waals surface area contributed by atoms with E-state index in [9.17, 15) is 9.81 Å². The molecule has 0 saturated carbocycles. The molecule has 100 valence electrons. The van der Waals surface area contributed by atoms with Crippen LogP contribution in [-0.4, -0.2) is 60.7 Å². The summed E-state index contributed by atoms with van der Waals surface area (Å²) >= 11 is 0. The molecule has 0 heterocycles. The number of likely N-dealkylation sites (N-methyl/N-ethyl adjacent to an activating group) is 3. The molecule has 0 aliphatic rings. The molecule has 7 nitrogen and oxygen atoms in total. The van der Waals surface area contributed by atoms with Gasteiger partial charge in [-0.2, -0.15) is 0 Å². The van der Waals surface area contributed by atoms with Gasteiger partial charge in [-0.15, -0.1) is 9.81 Å². The predicted molar refractivity (Wildman–Crippen MR) is 68.2 cm³/mol. The van der Waals surface area contributed by atoms with Crippen molar-refractivity contribution in [3.8, 4) is 0 Å². The third kappa shape index (κ3) is 6.83. The van der Waals surface area contributed by atoms with Crippen molar-refractivity contribution >= 4 is 0 Å². The monoisotopic (exact) mass is 245 g/mol. The molecule has 0 rings (SSSR count). The Morgan fingerprint density at radius 2 is 1.12 bits per heavy atom. The summed E-state index contributed by atoms with van der Waals surface area (Å²) in [5, 5.41) is 8.80. The molecule has 17 heavy (non-hydrogen) atoms. The summed E-state index contributed by atoms with van der Waals surface area (Å²) in [5.41, 5.74) is 0. The molecule has 0 radical (unpaired) electrons. The molecule has 0 N–H and O–H groups in total. The molecule has 0 aliphatic carbocycles. The first kappa shape index (κ1) is 15.8. The van der Waals surface area contributed by atoms with Gasteiger partial charge in [0.1, 0.15) is 0 Å². The zero-order valence-electron chi connectivity index (χ0n) is 11.0. The van der Waals surface area contributed by atoms with Gasteiger partial charge < -0.3 is 0 Å². The lowest BCUT2D eigenvalue weighted by Gasteiger charge is -2.24. The lowest BCUT2D eigenvalue weighted by atomic mass is 10.4. The third-order valence-corrected chi connectivity index (χ3v) is 2.76. The first-order valence-electron chi connectivity index (χ1n) is 6.10. The molecule has 0 saturated heterocycles. The van der Waals surface area contributed by atoms with Gasteiger partial charge in [-0.05, 0) is 20.4 Å². The van der Waals surface area contributed by atoms with Crippen molar-refractivity contribution in [1.29, 1.82) is 0 Å². The Labute approximate surface area is 103 Å². The van der Waals surface area contributed by atoms with Crippen LogP contribution in [0.3, 0.4) is 0 Å². The van der Waals surface area contributed by atoms with Gasteiger partial charge in [0.05, 0.1) is 23.7 Å². The van der Waals surface area contributed by atoms with Crippen LogP contribution in [-0.2, 0) is 0 Å². The molecule has 0 aliphatic heterocycles. The van der Waals surface area contributed by atoms with Crippen LogP contribution in [0.5, 0.6) is 0 Å². The van der Waals surface area contributed by atoms with E-state index in [2.05, 4.69) is 22.4 Å². The number of hydrogen-bond donors (Lipinski definition) is 0. The van der Waals surface area contributed by atoms with Gasteiger partial charge >= 0.3 is 0 Å². The van der Waals surface area contributed by atoms with Crippen LogP contribution < -0.4 is 0 Å². The Morgan fingerprint density at radius 1 is 0.706 bits per heavy atom. The molecule has 0 bridgehead atoms. The van der Waals surface area contributed by atoms with Crippen LogP contribution in [0.2, 0.25) is 0 Å². The van der Waals surface area contributed by atoms with E-state index in [1.807, 2.05) is 13.8 Å². The van der Waals surface area contributed by atoms with E-state index >= 15 is 0 Å². The van der Waals surface area contributed by atoms with E-state index in [1.54, 1.807) is 0 Å². The Kier molecular flexibility index (Phi) is 9.22. The second kappa shape index (κ2) is 9.95. The van der Waals surface area contributed by atoms with E-state index in [0.717, 1.165) is 19.6 Å². The summed E-state index contributed by atoms with van der Waals surface area (Å²) in [6.45, 7) is 10.7. The van der Waals surface area contributed by atoms with Gasteiger partial charge in [0.25, 0.3) is 0 Å². The van der Waals surface area contributed by atoms with Gasteiger partial charge in [-0.3, -0.25) is 14.9 Å². The summed E-state index contributed by atoms with van der Waals surface area (Å²) in [5.74, 6) is 0. The van der Waals surface area contributed by atoms with Gasteiger partial charge in [-0.1, -0.05) is 6.92 Å². The minimum Gasteiger partial charge on any atom is -0.300 e. The summed E-state index contributed by atoms with van der Waals surface area (Å²) in [7, 11) is 0. The maximum atomic E-state index is 10.4. The Morgan fingerprint density at radius 3 is 1.35 bits per heavy atom. The molecule has 0 amide bonds. The van der Waals surface area contributed by atoms with Crippen LogP contribution in [0, 0.1) is 9.81 Å². The maximum absolute atomic E-state index is 10.4. The summed E-state index contributed by atoms with van der Waals surface area (Å²) in [4.78, 5) is 22.9. The number of rotatable bonds is 11. The molecule has 0 unspecified atom stereocenters. The van der Waals surface area contributed by atoms with Crippen molar-refractivity contribution in [3.63, 3.8) is 0 Å². The van der Waals surface area contributed by atoms with E-state index in [-0.39, 0.29) is 0 Å². The molecule has 0 aromatic carbocycles. The van der Waals surface area contributed by atoms with Crippen molar-refractivity contribution in [2.24, 2.45) is 10.6 Å². The first-order valence-corrected chi connectivity index (χ1v) is 6.10. The normalized spacial score (nSPS) is 10.4. The van der Waals surface area contributed by atoms with Crippen molar-refractivity contribution in [2.45, 2.75) is 20.8 Å². The van der Waals surface area contributed by atoms with Crippen molar-refractivity contribution in [1.82, 2.24) is 14.9 Å². The fourth-order valence-electron chi connectivity index (χ4n) is 1.46. The average molecular weight is 245 g/mol. The minimum atomic E-state index is 0.620. The molecule has 0 atom stereocenters. The predicted octanol–water partition coefficient (Wildman–Crippen LogP) is 1.31. The smallest absolute Gasteiger partial charge is 0.0524 e. The highest BCUT2D eigenvalue weighted by atomic mass is 16.3. The zero-order chi connectivity index (χ0) is 13.1. The highest BCUT2D eigenvalue weighted by molar-refractivity contribution is 4.61. The number of nitrogens with zero attached hydrogens (tertiary/aromatic N) is 5. The Balaban J connectivity index is 3.90. The third-order valence-electron chi connectivity index (χ3n) is 2.76. The summed E-state index contributed by atoms with van der Waals surface area (Å²) in [6.07, 6.45) is 0. The maximum Gasteiger partial charge on any atom is 0.0524 e. The second-order valence-corrected chi connectivity index (χ2v) is 3.69. The van der Waals surface area contributed by atoms with Crippen LogP contribution in [0.15, 0.2) is 10.6 Å². The molecule has 0 aromatic rings. The Bertz CT molecular complexity index is 195. The van der Waals surface area contributed by atoms with E-state index in [4.69, 9.17) is 0 Å². The molecule has 0 spiro atoms. The quantitative estimate of drug-likeness (QED) is 0.405. The number of hydrogen-bond acceptors (Lipinski definition) is 5. The van der Waals surface area contributed by atoms with Gasteiger partial charge in [-0.25, -0.2) is 0 Å². The largest absolute Gasteiger partial charge is 0.300 e. The van der Waals surface area contributed by atoms with Crippen molar-refractivity contribution in [2.75, 3.05) is 45.8 Å². The van der Waals surface area contributed by atoms with Gasteiger partial charge in [0, 0.05) is 26.2 Å². The first-order chi connectivity index (χ1) is 8.21. The zero-order valence-corrected chi connectivity index (χ0v) is 11.0.